The quantitative estimate of drug-likeness (QED) is 0.922. The van der Waals surface area contributed by atoms with E-state index in [4.69, 9.17) is 0 Å². The molecular formula is C13H12BrN3O2. The van der Waals surface area contributed by atoms with Gasteiger partial charge in [0, 0.05) is 36.6 Å². The standard InChI is InChI=1S/C13H12BrN3O2/c14-13-16-11(9-2-1-4-15-7-9)10-6-8(12(18)19)3-5-17(10)13/h1-2,4,7-8H,3,5-6H2,(H,18,19). The first kappa shape index (κ1) is 12.3. The van der Waals surface area contributed by atoms with E-state index in [0.717, 1.165) is 21.7 Å². The summed E-state index contributed by atoms with van der Waals surface area (Å²) in [6.45, 7) is 0.681. The van der Waals surface area contributed by atoms with Crippen molar-refractivity contribution in [3.8, 4) is 11.3 Å². The molecular weight excluding hydrogens is 310 g/mol. The largest absolute Gasteiger partial charge is 0.481 e. The van der Waals surface area contributed by atoms with Crippen LogP contribution in [0.15, 0.2) is 29.3 Å². The Labute approximate surface area is 118 Å². The minimum Gasteiger partial charge on any atom is -0.481 e. The number of pyridine rings is 1. The monoisotopic (exact) mass is 321 g/mol. The Bertz CT molecular complexity index is 624. The number of hydrogen-bond donors (Lipinski definition) is 1. The fourth-order valence-electron chi connectivity index (χ4n) is 2.46. The molecule has 3 heterocycles. The van der Waals surface area contributed by atoms with Crippen LogP contribution in [-0.2, 0) is 17.8 Å². The predicted molar refractivity (Wildman–Crippen MR) is 72.6 cm³/mol. The van der Waals surface area contributed by atoms with Gasteiger partial charge in [-0.3, -0.25) is 9.78 Å². The summed E-state index contributed by atoms with van der Waals surface area (Å²) in [4.78, 5) is 19.8. The van der Waals surface area contributed by atoms with E-state index in [1.807, 2.05) is 16.7 Å². The van der Waals surface area contributed by atoms with E-state index >= 15 is 0 Å². The predicted octanol–water partition coefficient (Wildman–Crippen LogP) is 2.35. The average molecular weight is 322 g/mol. The Kier molecular flexibility index (Phi) is 3.10. The van der Waals surface area contributed by atoms with Crippen LogP contribution in [0.1, 0.15) is 12.1 Å². The van der Waals surface area contributed by atoms with Crippen LogP contribution in [0.5, 0.6) is 0 Å². The second kappa shape index (κ2) is 4.77. The molecule has 98 valence electrons. The number of fused-ring (bicyclic) bond motifs is 1. The Balaban J connectivity index is 2.07. The summed E-state index contributed by atoms with van der Waals surface area (Å²) in [5.74, 6) is -1.06. The third kappa shape index (κ3) is 2.16. The van der Waals surface area contributed by atoms with Crippen LogP contribution in [0.2, 0.25) is 0 Å². The van der Waals surface area contributed by atoms with Gasteiger partial charge in [0.05, 0.1) is 11.6 Å². The van der Waals surface area contributed by atoms with E-state index in [1.54, 1.807) is 12.4 Å². The Morgan fingerprint density at radius 2 is 2.37 bits per heavy atom. The molecule has 0 fully saturated rings. The molecule has 0 spiro atoms. The molecule has 0 aliphatic carbocycles. The van der Waals surface area contributed by atoms with Crippen LogP contribution in [-0.4, -0.2) is 25.6 Å². The molecule has 1 unspecified atom stereocenters. The number of carboxylic acid groups (broad SMARTS) is 1. The molecule has 0 amide bonds. The summed E-state index contributed by atoms with van der Waals surface area (Å²) in [6.07, 6.45) is 4.61. The van der Waals surface area contributed by atoms with Gasteiger partial charge in [-0.05, 0) is 34.5 Å². The number of nitrogens with zero attached hydrogens (tertiary/aromatic N) is 3. The lowest BCUT2D eigenvalue weighted by Gasteiger charge is -2.21. The highest BCUT2D eigenvalue weighted by Gasteiger charge is 2.29. The summed E-state index contributed by atoms with van der Waals surface area (Å²) in [6, 6.07) is 3.79. The average Bonchev–Trinajstić information content (AvgIpc) is 2.77. The fourth-order valence-corrected chi connectivity index (χ4v) is 3.02. The fraction of sp³-hybridized carbons (Fsp3) is 0.308. The summed E-state index contributed by atoms with van der Waals surface area (Å²) in [5.41, 5.74) is 2.72. The summed E-state index contributed by atoms with van der Waals surface area (Å²) >= 11 is 3.44. The van der Waals surface area contributed by atoms with E-state index in [1.165, 1.54) is 0 Å². The molecule has 1 aliphatic rings. The van der Waals surface area contributed by atoms with Gasteiger partial charge in [-0.25, -0.2) is 4.98 Å². The maximum absolute atomic E-state index is 11.2. The lowest BCUT2D eigenvalue weighted by atomic mass is 9.94. The lowest BCUT2D eigenvalue weighted by molar-refractivity contribution is -0.142. The van der Waals surface area contributed by atoms with E-state index in [2.05, 4.69) is 25.9 Å². The van der Waals surface area contributed by atoms with Gasteiger partial charge >= 0.3 is 5.97 Å². The van der Waals surface area contributed by atoms with Gasteiger partial charge < -0.3 is 9.67 Å². The third-order valence-corrected chi connectivity index (χ3v) is 4.06. The highest BCUT2D eigenvalue weighted by Crippen LogP contribution is 2.32. The van der Waals surface area contributed by atoms with Gasteiger partial charge in [0.15, 0.2) is 4.73 Å². The smallest absolute Gasteiger partial charge is 0.306 e. The minimum absolute atomic E-state index is 0.327. The van der Waals surface area contributed by atoms with Crippen LogP contribution >= 0.6 is 15.9 Å². The second-order valence-electron chi connectivity index (χ2n) is 4.60. The second-order valence-corrected chi connectivity index (χ2v) is 5.31. The molecule has 0 saturated heterocycles. The van der Waals surface area contributed by atoms with Crippen molar-refractivity contribution in [2.24, 2.45) is 5.92 Å². The van der Waals surface area contributed by atoms with Crippen LogP contribution in [0.4, 0.5) is 0 Å². The zero-order valence-electron chi connectivity index (χ0n) is 10.1. The number of aliphatic carboxylic acids is 1. The van der Waals surface area contributed by atoms with E-state index < -0.39 is 5.97 Å². The number of carboxylic acids is 1. The molecule has 2 aromatic heterocycles. The zero-order chi connectivity index (χ0) is 13.4. The zero-order valence-corrected chi connectivity index (χ0v) is 11.7. The Morgan fingerprint density at radius 1 is 1.53 bits per heavy atom. The molecule has 3 rings (SSSR count). The highest BCUT2D eigenvalue weighted by atomic mass is 79.9. The van der Waals surface area contributed by atoms with Crippen LogP contribution < -0.4 is 0 Å². The van der Waals surface area contributed by atoms with E-state index in [9.17, 15) is 9.90 Å². The molecule has 1 atom stereocenters. The number of carbonyl (C=O) groups is 1. The third-order valence-electron chi connectivity index (χ3n) is 3.45. The van der Waals surface area contributed by atoms with Crippen LogP contribution in [0.25, 0.3) is 11.3 Å². The van der Waals surface area contributed by atoms with Gasteiger partial charge in [-0.15, -0.1) is 0 Å². The number of imidazole rings is 1. The van der Waals surface area contributed by atoms with Gasteiger partial charge in [-0.1, -0.05) is 0 Å². The summed E-state index contributed by atoms with van der Waals surface area (Å²) < 4.78 is 2.80. The maximum atomic E-state index is 11.2. The van der Waals surface area contributed by atoms with Crippen molar-refractivity contribution in [2.45, 2.75) is 19.4 Å². The number of halogens is 1. The molecule has 0 aromatic carbocycles. The van der Waals surface area contributed by atoms with Crippen molar-refractivity contribution in [1.29, 1.82) is 0 Å². The Morgan fingerprint density at radius 3 is 3.05 bits per heavy atom. The van der Waals surface area contributed by atoms with E-state index in [-0.39, 0.29) is 5.92 Å². The first-order chi connectivity index (χ1) is 9.16. The van der Waals surface area contributed by atoms with Crippen LogP contribution in [0.3, 0.4) is 0 Å². The van der Waals surface area contributed by atoms with Crippen molar-refractivity contribution in [3.05, 3.63) is 35.0 Å². The van der Waals surface area contributed by atoms with Crippen molar-refractivity contribution >= 4 is 21.9 Å². The first-order valence-electron chi connectivity index (χ1n) is 6.05. The van der Waals surface area contributed by atoms with Gasteiger partial charge in [0.25, 0.3) is 0 Å². The Hall–Kier alpha value is -1.69. The van der Waals surface area contributed by atoms with Crippen LogP contribution in [0, 0.1) is 5.92 Å². The molecule has 0 saturated carbocycles. The topological polar surface area (TPSA) is 68.0 Å². The molecule has 19 heavy (non-hydrogen) atoms. The molecule has 0 radical (unpaired) electrons. The number of rotatable bonds is 2. The number of aromatic nitrogens is 3. The minimum atomic E-state index is -0.735. The molecule has 1 aliphatic heterocycles. The molecule has 6 heteroatoms. The van der Waals surface area contributed by atoms with Crippen molar-refractivity contribution in [3.63, 3.8) is 0 Å². The lowest BCUT2D eigenvalue weighted by Crippen LogP contribution is -2.25. The summed E-state index contributed by atoms with van der Waals surface area (Å²) in [5, 5.41) is 9.18. The van der Waals surface area contributed by atoms with Crippen molar-refractivity contribution in [2.75, 3.05) is 0 Å². The van der Waals surface area contributed by atoms with Gasteiger partial charge in [0.1, 0.15) is 0 Å². The molecule has 5 nitrogen and oxygen atoms in total. The first-order valence-corrected chi connectivity index (χ1v) is 6.84. The molecule has 0 bridgehead atoms. The van der Waals surface area contributed by atoms with Crippen molar-refractivity contribution < 1.29 is 9.90 Å². The van der Waals surface area contributed by atoms with Crippen molar-refractivity contribution in [1.82, 2.24) is 14.5 Å². The normalized spacial score (nSPS) is 18.1. The SMILES string of the molecule is O=C(O)C1CCn2c(Br)nc(-c3cccnc3)c2C1. The molecule has 2 aromatic rings. The summed E-state index contributed by atoms with van der Waals surface area (Å²) in [7, 11) is 0. The van der Waals surface area contributed by atoms with Gasteiger partial charge in [-0.2, -0.15) is 0 Å². The maximum Gasteiger partial charge on any atom is 0.306 e. The van der Waals surface area contributed by atoms with E-state index in [0.29, 0.717) is 19.4 Å². The number of hydrogen-bond acceptors (Lipinski definition) is 3. The van der Waals surface area contributed by atoms with Gasteiger partial charge in [0.2, 0.25) is 0 Å². The highest BCUT2D eigenvalue weighted by molar-refractivity contribution is 9.10. The molecule has 1 N–H and O–H groups in total.